The van der Waals surface area contributed by atoms with E-state index >= 15 is 0 Å². The van der Waals surface area contributed by atoms with Crippen molar-refractivity contribution in [1.29, 1.82) is 0 Å². The van der Waals surface area contributed by atoms with Crippen LogP contribution in [0.4, 0.5) is 0 Å². The first-order chi connectivity index (χ1) is 31.9. The van der Waals surface area contributed by atoms with Gasteiger partial charge in [-0.25, -0.2) is 0 Å². The van der Waals surface area contributed by atoms with Gasteiger partial charge < -0.3 is 9.40 Å². The summed E-state index contributed by atoms with van der Waals surface area (Å²) in [6.07, 6.45) is 5.72. The maximum atomic E-state index is 9.08. The van der Waals surface area contributed by atoms with Crippen molar-refractivity contribution < 1.29 is 36.9 Å². The van der Waals surface area contributed by atoms with Gasteiger partial charge in [-0.2, -0.15) is 18.6 Å². The largest absolute Gasteiger partial charge is 0.500 e. The van der Waals surface area contributed by atoms with Crippen LogP contribution < -0.4 is 0 Å². The van der Waals surface area contributed by atoms with Gasteiger partial charge in [0.1, 0.15) is 5.58 Å². The summed E-state index contributed by atoms with van der Waals surface area (Å²) < 4.78 is 79.7. The topological polar surface area (TPSA) is 38.9 Å². The van der Waals surface area contributed by atoms with E-state index in [0.717, 1.165) is 64.3 Å². The first-order valence-corrected chi connectivity index (χ1v) is 20.3. The Morgan fingerprint density at radius 2 is 1.52 bits per heavy atom. The number of hydrogen-bond donors (Lipinski definition) is 0. The van der Waals surface area contributed by atoms with Crippen LogP contribution in [0.1, 0.15) is 106 Å². The number of aryl methyl sites for hydroxylation is 2. The molecule has 1 radical (unpaired) electrons. The minimum atomic E-state index is -2.27. The third-order valence-electron chi connectivity index (χ3n) is 11.2. The van der Waals surface area contributed by atoms with Gasteiger partial charge in [0.25, 0.3) is 0 Å². The second-order valence-corrected chi connectivity index (χ2v) is 17.4. The second-order valence-electron chi connectivity index (χ2n) is 17.4. The van der Waals surface area contributed by atoms with Crippen molar-refractivity contribution in [2.75, 3.05) is 0 Å². The van der Waals surface area contributed by atoms with Crippen LogP contribution in [0.15, 0.2) is 138 Å². The van der Waals surface area contributed by atoms with E-state index in [2.05, 4.69) is 61.1 Å². The van der Waals surface area contributed by atoms with E-state index in [0.29, 0.717) is 50.2 Å². The molecule has 9 rings (SSSR count). The van der Waals surface area contributed by atoms with Crippen LogP contribution in [0.2, 0.25) is 0 Å². The number of aromatic nitrogens is 2. The zero-order valence-electron chi connectivity index (χ0n) is 43.9. The Kier molecular flexibility index (Phi) is 9.61. The summed E-state index contributed by atoms with van der Waals surface area (Å²) in [6.45, 7) is 9.68. The number of hydrogen-bond acceptors (Lipinski definition) is 3. The summed E-state index contributed by atoms with van der Waals surface area (Å²) in [4.78, 5) is 9.11. The molecule has 0 spiro atoms. The van der Waals surface area contributed by atoms with Crippen molar-refractivity contribution in [3.8, 4) is 44.8 Å². The van der Waals surface area contributed by atoms with Crippen molar-refractivity contribution in [3.63, 3.8) is 0 Å². The van der Waals surface area contributed by atoms with Gasteiger partial charge in [-0.1, -0.05) is 143 Å². The van der Waals surface area contributed by atoms with Crippen LogP contribution in [0.5, 0.6) is 0 Å². The molecule has 0 atom stereocenters. The number of rotatable bonds is 6. The van der Waals surface area contributed by atoms with E-state index in [9.17, 15) is 0 Å². The molecule has 5 aromatic carbocycles. The Hall–Kier alpha value is -5.28. The Labute approximate surface area is 383 Å². The average molecular weight is 974 g/mol. The maximum Gasteiger partial charge on any atom is 0.123 e. The molecule has 8 aromatic rings. The molecule has 0 unspecified atom stereocenters. The molecule has 1 aliphatic rings. The molecule has 3 nitrogen and oxygen atoms in total. The molecule has 1 saturated carbocycles. The monoisotopic (exact) mass is 974 g/mol. The summed E-state index contributed by atoms with van der Waals surface area (Å²) in [5, 5.41) is 1.61. The molecule has 1 fully saturated rings. The fraction of sp³-hybridized carbons (Fsp3) is 0.268. The molecule has 0 aliphatic heterocycles. The van der Waals surface area contributed by atoms with Crippen molar-refractivity contribution in [1.82, 2.24) is 9.97 Å². The summed E-state index contributed by atoms with van der Waals surface area (Å²) in [6, 6.07) is 41.0. The van der Waals surface area contributed by atoms with Crippen molar-refractivity contribution >= 4 is 21.9 Å². The first kappa shape index (κ1) is 32.5. The minimum Gasteiger partial charge on any atom is -0.500 e. The Bertz CT molecular complexity index is 3090. The van der Waals surface area contributed by atoms with E-state index in [1.54, 1.807) is 42.7 Å². The first-order valence-electron chi connectivity index (χ1n) is 24.8. The quantitative estimate of drug-likeness (QED) is 0.156. The van der Waals surface area contributed by atoms with E-state index in [1.165, 1.54) is 0 Å². The van der Waals surface area contributed by atoms with Crippen LogP contribution in [-0.2, 0) is 26.5 Å². The number of benzene rings is 5. The van der Waals surface area contributed by atoms with E-state index in [4.69, 9.17) is 16.8 Å². The van der Waals surface area contributed by atoms with Gasteiger partial charge in [0.05, 0.1) is 5.58 Å². The number of nitrogens with zero attached hydrogens (tertiary/aromatic N) is 2. The van der Waals surface area contributed by atoms with Gasteiger partial charge in [-0.05, 0) is 112 Å². The molecule has 3 heterocycles. The van der Waals surface area contributed by atoms with Gasteiger partial charge >= 0.3 is 0 Å². The maximum absolute atomic E-state index is 9.08. The van der Waals surface area contributed by atoms with Crippen LogP contribution >= 0.6 is 0 Å². The normalized spacial score (nSPS) is 17.4. The third kappa shape index (κ3) is 9.52. The number of fused-ring (bicyclic) bond motifs is 3. The second kappa shape index (κ2) is 17.7. The Morgan fingerprint density at radius 3 is 2.22 bits per heavy atom. The molecule has 0 amide bonds. The van der Waals surface area contributed by atoms with Gasteiger partial charge in [0, 0.05) is 55.9 Å². The van der Waals surface area contributed by atoms with E-state index < -0.39 is 31.4 Å². The van der Waals surface area contributed by atoms with Crippen LogP contribution in [0.25, 0.3) is 66.7 Å². The molecule has 60 heavy (non-hydrogen) atoms. The molecule has 4 heteroatoms. The zero-order valence-corrected chi connectivity index (χ0v) is 37.3. The molecule has 0 bridgehead atoms. The predicted octanol–water partition coefficient (Wildman–Crippen LogP) is 15.6. The minimum absolute atomic E-state index is 0. The number of pyridine rings is 2. The van der Waals surface area contributed by atoms with Gasteiger partial charge in [-0.15, -0.1) is 29.8 Å². The SMILES string of the molecule is [2H]C([2H])([2H])c1cc([CH2-])c(-c2ccc(C([2H])([2H])C(C)(C)C)cn2)cc1-c1ccccc1.[2H]C([2H])([2H])c1cccc2c1oc1c(-c3cc(-c4ccc(C5([2H])CCC(C)(C)CC5)cc4)ccn3)[c-]ccc12.[Ir]. The molecule has 0 saturated heterocycles. The predicted molar refractivity (Wildman–Crippen MR) is 248 cm³/mol. The summed E-state index contributed by atoms with van der Waals surface area (Å²) in [5.41, 5.74) is 9.57. The third-order valence-corrected chi connectivity index (χ3v) is 11.2. The molecular formula is C56H56IrN2O-2. The summed E-state index contributed by atoms with van der Waals surface area (Å²) in [7, 11) is 0. The van der Waals surface area contributed by atoms with Crippen molar-refractivity contribution in [2.45, 2.75) is 86.3 Å². The fourth-order valence-electron chi connectivity index (χ4n) is 7.92. The molecule has 3 aromatic heterocycles. The van der Waals surface area contributed by atoms with Crippen molar-refractivity contribution in [2.24, 2.45) is 10.8 Å². The zero-order chi connectivity index (χ0) is 49.0. The van der Waals surface area contributed by atoms with Crippen LogP contribution in [0, 0.1) is 37.5 Å². The van der Waals surface area contributed by atoms with E-state index in [-0.39, 0.29) is 31.2 Å². The van der Waals surface area contributed by atoms with Gasteiger partial charge in [0.15, 0.2) is 0 Å². The smallest absolute Gasteiger partial charge is 0.123 e. The van der Waals surface area contributed by atoms with Gasteiger partial charge in [0.2, 0.25) is 0 Å². The Balaban J connectivity index is 0.000000207. The molecule has 307 valence electrons. The standard InChI is InChI=1S/C32H30NO.C24H26N.Ir/c1-21-6-4-7-26-27-8-5-9-28(31(27)34-30(21)26)29-20-25(16-19-33-29)23-12-10-22(11-13-23)24-14-17-32(2,3)18-15-24;1-17-13-18(2)22(14-21(17)20-9-7-6-8-10-20)23-12-11-19(16-25-23)15-24(3,4)5;/h4-8,10-13,16,19-20,24H,14-15,17-18H2,1-3H3;6-14,16H,2,15H2,1,3-5H3;/q2*-1;/i1D3,24D;1D3,15D2;. The van der Waals surface area contributed by atoms with Crippen LogP contribution in [0.3, 0.4) is 0 Å². The average Bonchev–Trinajstić information content (AvgIpc) is 3.69. The molecular weight excluding hydrogens is 909 g/mol. The van der Waals surface area contributed by atoms with Gasteiger partial charge in [-0.3, -0.25) is 4.98 Å². The molecule has 0 N–H and O–H groups in total. The van der Waals surface area contributed by atoms with Crippen molar-refractivity contribution in [3.05, 3.63) is 175 Å². The van der Waals surface area contributed by atoms with E-state index in [1.807, 2.05) is 87.5 Å². The number of furan rings is 1. The molecule has 1 aliphatic carbocycles. The number of para-hydroxylation sites is 1. The van der Waals surface area contributed by atoms with Crippen LogP contribution in [-0.4, -0.2) is 9.97 Å². The summed E-state index contributed by atoms with van der Waals surface area (Å²) >= 11 is 0. The fourth-order valence-corrected chi connectivity index (χ4v) is 7.92. The Morgan fingerprint density at radius 1 is 0.767 bits per heavy atom. The summed E-state index contributed by atoms with van der Waals surface area (Å²) in [5.74, 6) is -0.517.